The van der Waals surface area contributed by atoms with Gasteiger partial charge in [0.2, 0.25) is 0 Å². The summed E-state index contributed by atoms with van der Waals surface area (Å²) in [5, 5.41) is 18.9. The summed E-state index contributed by atoms with van der Waals surface area (Å²) >= 11 is 0. The molecule has 0 aromatic carbocycles. The third-order valence-corrected chi connectivity index (χ3v) is 1.86. The summed E-state index contributed by atoms with van der Waals surface area (Å²) < 4.78 is 4.58. The van der Waals surface area contributed by atoms with Crippen LogP contribution < -0.4 is 0 Å². The molecule has 0 aromatic rings. The Morgan fingerprint density at radius 3 is 2.00 bits per heavy atom. The number of ether oxygens (including phenoxy) is 1. The number of hydrogen-bond donors (Lipinski definition) is 2. The van der Waals surface area contributed by atoms with Crippen molar-refractivity contribution >= 4 is 5.97 Å². The first-order valence-electron chi connectivity index (χ1n) is 3.85. The molecule has 0 aliphatic carbocycles. The van der Waals surface area contributed by atoms with Gasteiger partial charge < -0.3 is 14.9 Å². The highest BCUT2D eigenvalue weighted by atomic mass is 16.6. The van der Waals surface area contributed by atoms with Gasteiger partial charge in [0.25, 0.3) is 0 Å². The first-order chi connectivity index (χ1) is 5.23. The molecular weight excluding hydrogens is 160 g/mol. The van der Waals surface area contributed by atoms with Gasteiger partial charge in [-0.2, -0.15) is 0 Å². The lowest BCUT2D eigenvalue weighted by Crippen LogP contribution is -2.54. The van der Waals surface area contributed by atoms with E-state index in [0.29, 0.717) is 0 Å². The number of aliphatic hydroxyl groups is 2. The number of carbonyl (C=O) groups excluding carboxylic acids is 1. The second kappa shape index (κ2) is 3.41. The van der Waals surface area contributed by atoms with Gasteiger partial charge in [-0.3, -0.25) is 0 Å². The van der Waals surface area contributed by atoms with Gasteiger partial charge in [-0.25, -0.2) is 4.79 Å². The van der Waals surface area contributed by atoms with E-state index in [1.54, 1.807) is 6.92 Å². The number of carbonyl (C=O) groups is 1. The zero-order valence-electron chi connectivity index (χ0n) is 7.92. The van der Waals surface area contributed by atoms with Crippen LogP contribution in [0, 0.1) is 0 Å². The van der Waals surface area contributed by atoms with E-state index in [1.165, 1.54) is 20.8 Å². The van der Waals surface area contributed by atoms with Crippen molar-refractivity contribution in [2.75, 3.05) is 6.61 Å². The van der Waals surface area contributed by atoms with E-state index in [9.17, 15) is 15.0 Å². The molecule has 0 spiro atoms. The zero-order valence-corrected chi connectivity index (χ0v) is 7.92. The average Bonchev–Trinajstić information content (AvgIpc) is 1.85. The molecule has 0 unspecified atom stereocenters. The molecule has 0 aliphatic heterocycles. The van der Waals surface area contributed by atoms with Crippen molar-refractivity contribution in [2.24, 2.45) is 0 Å². The van der Waals surface area contributed by atoms with Crippen molar-refractivity contribution < 1.29 is 19.7 Å². The monoisotopic (exact) mass is 176 g/mol. The minimum atomic E-state index is -1.86. The molecular formula is C8H16O4. The van der Waals surface area contributed by atoms with E-state index in [2.05, 4.69) is 4.74 Å². The molecule has 0 saturated carbocycles. The van der Waals surface area contributed by atoms with Crippen molar-refractivity contribution in [3.63, 3.8) is 0 Å². The topological polar surface area (TPSA) is 66.8 Å². The highest BCUT2D eigenvalue weighted by molar-refractivity contribution is 5.80. The standard InChI is InChI=1S/C8H16O4/c1-5-12-6(9)8(4,11)7(2,3)10/h10-11H,5H2,1-4H3/t8-/m0/s1. The predicted molar refractivity (Wildman–Crippen MR) is 43.6 cm³/mol. The smallest absolute Gasteiger partial charge is 0.340 e. The van der Waals surface area contributed by atoms with E-state index in [0.717, 1.165) is 0 Å². The van der Waals surface area contributed by atoms with Crippen LogP contribution in [0.5, 0.6) is 0 Å². The summed E-state index contributed by atoms with van der Waals surface area (Å²) in [6.07, 6.45) is 0. The summed E-state index contributed by atoms with van der Waals surface area (Å²) in [6, 6.07) is 0. The molecule has 2 N–H and O–H groups in total. The summed E-state index contributed by atoms with van der Waals surface area (Å²) in [4.78, 5) is 11.1. The third kappa shape index (κ3) is 2.19. The molecule has 0 bridgehead atoms. The molecule has 72 valence electrons. The summed E-state index contributed by atoms with van der Waals surface area (Å²) in [5.74, 6) is -0.808. The molecule has 0 aromatic heterocycles. The van der Waals surface area contributed by atoms with Crippen molar-refractivity contribution in [3.8, 4) is 0 Å². The van der Waals surface area contributed by atoms with Gasteiger partial charge in [-0.15, -0.1) is 0 Å². The number of rotatable bonds is 3. The van der Waals surface area contributed by atoms with Crippen LogP contribution in [0.4, 0.5) is 0 Å². The summed E-state index contributed by atoms with van der Waals surface area (Å²) in [5.41, 5.74) is -3.36. The maximum Gasteiger partial charge on any atom is 0.340 e. The van der Waals surface area contributed by atoms with E-state index in [-0.39, 0.29) is 6.61 Å². The molecule has 0 radical (unpaired) electrons. The maximum atomic E-state index is 11.1. The summed E-state index contributed by atoms with van der Waals surface area (Å²) in [6.45, 7) is 5.75. The Morgan fingerprint density at radius 1 is 1.33 bits per heavy atom. The lowest BCUT2D eigenvalue weighted by molar-refractivity contribution is -0.187. The van der Waals surface area contributed by atoms with Crippen molar-refractivity contribution in [3.05, 3.63) is 0 Å². The highest BCUT2D eigenvalue weighted by Crippen LogP contribution is 2.22. The van der Waals surface area contributed by atoms with Crippen LogP contribution in [0.2, 0.25) is 0 Å². The fraction of sp³-hybridized carbons (Fsp3) is 0.875. The van der Waals surface area contributed by atoms with Gasteiger partial charge in [-0.05, 0) is 27.7 Å². The average molecular weight is 176 g/mol. The second-order valence-corrected chi connectivity index (χ2v) is 3.35. The highest BCUT2D eigenvalue weighted by Gasteiger charge is 2.45. The van der Waals surface area contributed by atoms with Gasteiger partial charge >= 0.3 is 5.97 Å². The Labute approximate surface area is 72.2 Å². The molecule has 0 rings (SSSR count). The zero-order chi connectivity index (χ0) is 9.99. The van der Waals surface area contributed by atoms with Crippen LogP contribution in [0.15, 0.2) is 0 Å². The normalized spacial score (nSPS) is 16.8. The molecule has 0 aliphatic rings. The van der Waals surface area contributed by atoms with Crippen LogP contribution in [-0.2, 0) is 9.53 Å². The van der Waals surface area contributed by atoms with Crippen LogP contribution >= 0.6 is 0 Å². The predicted octanol–water partition coefficient (Wildman–Crippen LogP) is 0.0714. The third-order valence-electron chi connectivity index (χ3n) is 1.86. The van der Waals surface area contributed by atoms with E-state index >= 15 is 0 Å². The van der Waals surface area contributed by atoms with Gasteiger partial charge in [-0.1, -0.05) is 0 Å². The Bertz CT molecular complexity index is 166. The van der Waals surface area contributed by atoms with Gasteiger partial charge in [0.1, 0.15) is 0 Å². The quantitative estimate of drug-likeness (QED) is 0.597. The molecule has 1 atom stereocenters. The Morgan fingerprint density at radius 2 is 1.75 bits per heavy atom. The molecule has 4 heteroatoms. The SMILES string of the molecule is CCOC(=O)[C@](C)(O)C(C)(C)O. The Balaban J connectivity index is 4.50. The van der Waals surface area contributed by atoms with Crippen LogP contribution in [0.1, 0.15) is 27.7 Å². The Hall–Kier alpha value is -0.610. The van der Waals surface area contributed by atoms with E-state index in [4.69, 9.17) is 0 Å². The van der Waals surface area contributed by atoms with Crippen molar-refractivity contribution in [1.29, 1.82) is 0 Å². The van der Waals surface area contributed by atoms with Crippen molar-refractivity contribution in [1.82, 2.24) is 0 Å². The Kier molecular flexibility index (Phi) is 3.24. The molecule has 0 heterocycles. The largest absolute Gasteiger partial charge is 0.464 e. The van der Waals surface area contributed by atoms with Gasteiger partial charge in [0, 0.05) is 0 Å². The summed E-state index contributed by atoms with van der Waals surface area (Å²) in [7, 11) is 0. The lowest BCUT2D eigenvalue weighted by atomic mass is 9.88. The molecule has 0 amide bonds. The van der Waals surface area contributed by atoms with Crippen molar-refractivity contribution in [2.45, 2.75) is 38.9 Å². The number of hydrogen-bond acceptors (Lipinski definition) is 4. The molecule has 12 heavy (non-hydrogen) atoms. The van der Waals surface area contributed by atoms with Gasteiger partial charge in [0.15, 0.2) is 5.60 Å². The fourth-order valence-electron chi connectivity index (χ4n) is 0.521. The van der Waals surface area contributed by atoms with Crippen LogP contribution in [0.25, 0.3) is 0 Å². The molecule has 0 saturated heterocycles. The van der Waals surface area contributed by atoms with Crippen LogP contribution in [-0.4, -0.2) is 34.0 Å². The first kappa shape index (κ1) is 11.4. The van der Waals surface area contributed by atoms with E-state index in [1.807, 2.05) is 0 Å². The minimum absolute atomic E-state index is 0.186. The first-order valence-corrected chi connectivity index (χ1v) is 3.85. The van der Waals surface area contributed by atoms with Gasteiger partial charge in [0.05, 0.1) is 12.2 Å². The van der Waals surface area contributed by atoms with E-state index < -0.39 is 17.2 Å². The minimum Gasteiger partial charge on any atom is -0.464 e. The second-order valence-electron chi connectivity index (χ2n) is 3.35. The number of esters is 1. The molecule has 0 fully saturated rings. The maximum absolute atomic E-state index is 11.1. The van der Waals surface area contributed by atoms with Crippen LogP contribution in [0.3, 0.4) is 0 Å². The molecule has 4 nitrogen and oxygen atoms in total. The fourth-order valence-corrected chi connectivity index (χ4v) is 0.521. The lowest BCUT2D eigenvalue weighted by Gasteiger charge is -2.32.